The summed E-state index contributed by atoms with van der Waals surface area (Å²) in [6, 6.07) is -0.574. The molecule has 0 N–H and O–H groups in total. The molecule has 6 nitrogen and oxygen atoms in total. The standard InChI is InChI=1S/C14H21NO5/c1-6-7-19-13(18)15-8-10(16)11(9(15)2)12(17)20-14(3,4)5/h6,9,11H,1,7-8H2,2-5H3/t9-,11?/m0/s1. The van der Waals surface area contributed by atoms with E-state index in [-0.39, 0.29) is 18.9 Å². The molecule has 1 unspecified atom stereocenters. The first kappa shape index (κ1) is 16.2. The van der Waals surface area contributed by atoms with E-state index in [2.05, 4.69) is 6.58 Å². The predicted molar refractivity (Wildman–Crippen MR) is 72.1 cm³/mol. The Labute approximate surface area is 118 Å². The fraction of sp³-hybridized carbons (Fsp3) is 0.643. The van der Waals surface area contributed by atoms with E-state index >= 15 is 0 Å². The Morgan fingerprint density at radius 1 is 1.45 bits per heavy atom. The lowest BCUT2D eigenvalue weighted by atomic mass is 10.0. The second-order valence-electron chi connectivity index (χ2n) is 5.71. The van der Waals surface area contributed by atoms with Gasteiger partial charge < -0.3 is 9.47 Å². The Balaban J connectivity index is 2.76. The average molecular weight is 283 g/mol. The highest BCUT2D eigenvalue weighted by atomic mass is 16.6. The highest BCUT2D eigenvalue weighted by Crippen LogP contribution is 2.25. The topological polar surface area (TPSA) is 72.9 Å². The minimum atomic E-state index is -0.953. The molecule has 1 aliphatic heterocycles. The number of esters is 1. The zero-order chi connectivity index (χ0) is 15.5. The van der Waals surface area contributed by atoms with Gasteiger partial charge in [-0.3, -0.25) is 14.5 Å². The first-order valence-electron chi connectivity index (χ1n) is 6.47. The Hall–Kier alpha value is -1.85. The fourth-order valence-corrected chi connectivity index (χ4v) is 2.00. The van der Waals surface area contributed by atoms with E-state index in [0.717, 1.165) is 0 Å². The molecule has 0 bridgehead atoms. The van der Waals surface area contributed by atoms with Gasteiger partial charge in [0.15, 0.2) is 5.78 Å². The lowest BCUT2D eigenvalue weighted by Gasteiger charge is -2.25. The number of Topliss-reactive ketones (excluding diaryl/α,β-unsaturated/α-hetero) is 1. The zero-order valence-electron chi connectivity index (χ0n) is 12.3. The maximum atomic E-state index is 12.0. The molecule has 1 amide bonds. The van der Waals surface area contributed by atoms with Crippen molar-refractivity contribution >= 4 is 17.8 Å². The van der Waals surface area contributed by atoms with Gasteiger partial charge in [-0.15, -0.1) is 0 Å². The minimum absolute atomic E-state index is 0.0628. The van der Waals surface area contributed by atoms with Crippen LogP contribution in [-0.4, -0.2) is 47.5 Å². The Morgan fingerprint density at radius 3 is 2.55 bits per heavy atom. The van der Waals surface area contributed by atoms with E-state index in [1.165, 1.54) is 11.0 Å². The first-order chi connectivity index (χ1) is 9.17. The number of ketones is 1. The van der Waals surface area contributed by atoms with Crippen molar-refractivity contribution < 1.29 is 23.9 Å². The van der Waals surface area contributed by atoms with Crippen molar-refractivity contribution in [3.63, 3.8) is 0 Å². The first-order valence-corrected chi connectivity index (χ1v) is 6.47. The number of hydrogen-bond donors (Lipinski definition) is 0. The van der Waals surface area contributed by atoms with Crippen LogP contribution in [0, 0.1) is 5.92 Å². The second-order valence-corrected chi connectivity index (χ2v) is 5.71. The van der Waals surface area contributed by atoms with Gasteiger partial charge >= 0.3 is 12.1 Å². The van der Waals surface area contributed by atoms with Crippen LogP contribution < -0.4 is 0 Å². The van der Waals surface area contributed by atoms with Gasteiger partial charge in [0.25, 0.3) is 0 Å². The van der Waals surface area contributed by atoms with Gasteiger partial charge in [-0.25, -0.2) is 4.79 Å². The molecular formula is C14H21NO5. The highest BCUT2D eigenvalue weighted by Gasteiger charge is 2.47. The molecule has 0 aromatic heterocycles. The van der Waals surface area contributed by atoms with Crippen LogP contribution >= 0.6 is 0 Å². The molecule has 1 aliphatic rings. The van der Waals surface area contributed by atoms with Crippen LogP contribution in [0.25, 0.3) is 0 Å². The summed E-state index contributed by atoms with van der Waals surface area (Å²) >= 11 is 0. The molecule has 0 saturated carbocycles. The van der Waals surface area contributed by atoms with Crippen LogP contribution in [0.5, 0.6) is 0 Å². The van der Waals surface area contributed by atoms with Crippen LogP contribution in [0.1, 0.15) is 27.7 Å². The Bertz CT molecular complexity index is 424. The maximum absolute atomic E-state index is 12.0. The molecule has 0 aromatic rings. The molecular weight excluding hydrogens is 262 g/mol. The van der Waals surface area contributed by atoms with Gasteiger partial charge in [0, 0.05) is 0 Å². The molecule has 1 fully saturated rings. The smallest absolute Gasteiger partial charge is 0.410 e. The van der Waals surface area contributed by atoms with Gasteiger partial charge in [-0.05, 0) is 27.7 Å². The molecule has 0 aromatic carbocycles. The summed E-state index contributed by atoms with van der Waals surface area (Å²) in [4.78, 5) is 37.0. The molecule has 0 radical (unpaired) electrons. The third kappa shape index (κ3) is 3.82. The van der Waals surface area contributed by atoms with Gasteiger partial charge in [0.05, 0.1) is 12.6 Å². The van der Waals surface area contributed by atoms with Gasteiger partial charge in [0.2, 0.25) is 0 Å². The van der Waals surface area contributed by atoms with Crippen molar-refractivity contribution in [3.8, 4) is 0 Å². The largest absolute Gasteiger partial charge is 0.459 e. The van der Waals surface area contributed by atoms with Gasteiger partial charge in [0.1, 0.15) is 18.1 Å². The number of nitrogens with zero attached hydrogens (tertiary/aromatic N) is 1. The van der Waals surface area contributed by atoms with Crippen molar-refractivity contribution in [3.05, 3.63) is 12.7 Å². The summed E-state index contributed by atoms with van der Waals surface area (Å²) in [5.74, 6) is -1.89. The van der Waals surface area contributed by atoms with Crippen molar-refractivity contribution in [2.24, 2.45) is 5.92 Å². The van der Waals surface area contributed by atoms with E-state index in [0.29, 0.717) is 0 Å². The van der Waals surface area contributed by atoms with Crippen molar-refractivity contribution in [1.29, 1.82) is 0 Å². The zero-order valence-corrected chi connectivity index (χ0v) is 12.3. The lowest BCUT2D eigenvalue weighted by molar-refractivity contribution is -0.161. The average Bonchev–Trinajstić information content (AvgIpc) is 2.59. The molecule has 112 valence electrons. The Morgan fingerprint density at radius 2 is 2.05 bits per heavy atom. The van der Waals surface area contributed by atoms with Gasteiger partial charge in [-0.2, -0.15) is 0 Å². The number of amides is 1. The summed E-state index contributed by atoms with van der Waals surface area (Å²) in [6.07, 6.45) is 0.808. The quantitative estimate of drug-likeness (QED) is 0.446. The van der Waals surface area contributed by atoms with Crippen molar-refractivity contribution in [2.75, 3.05) is 13.2 Å². The minimum Gasteiger partial charge on any atom is -0.459 e. The molecule has 1 rings (SSSR count). The van der Waals surface area contributed by atoms with Crippen LogP contribution in [0.3, 0.4) is 0 Å². The lowest BCUT2D eigenvalue weighted by Crippen LogP contribution is -2.40. The van der Waals surface area contributed by atoms with Crippen molar-refractivity contribution in [2.45, 2.75) is 39.3 Å². The molecule has 0 aliphatic carbocycles. The number of likely N-dealkylation sites (tertiary alicyclic amines) is 1. The van der Waals surface area contributed by atoms with Crippen LogP contribution in [0.15, 0.2) is 12.7 Å². The number of carbonyl (C=O) groups is 3. The van der Waals surface area contributed by atoms with Crippen LogP contribution in [0.2, 0.25) is 0 Å². The molecule has 1 heterocycles. The van der Waals surface area contributed by atoms with E-state index < -0.39 is 29.6 Å². The van der Waals surface area contributed by atoms with E-state index in [4.69, 9.17) is 9.47 Å². The Kier molecular flexibility index (Phi) is 4.92. The van der Waals surface area contributed by atoms with E-state index in [1.54, 1.807) is 27.7 Å². The maximum Gasteiger partial charge on any atom is 0.410 e. The van der Waals surface area contributed by atoms with Crippen molar-refractivity contribution in [1.82, 2.24) is 4.90 Å². The molecule has 6 heteroatoms. The number of carbonyl (C=O) groups excluding carboxylic acids is 3. The molecule has 0 spiro atoms. The van der Waals surface area contributed by atoms with E-state index in [9.17, 15) is 14.4 Å². The monoisotopic (exact) mass is 283 g/mol. The summed E-state index contributed by atoms with van der Waals surface area (Å²) in [5.41, 5.74) is -0.673. The molecule has 1 saturated heterocycles. The normalized spacial score (nSPS) is 22.6. The number of hydrogen-bond acceptors (Lipinski definition) is 5. The predicted octanol–water partition coefficient (Wildman–Crippen LogP) is 1.54. The van der Waals surface area contributed by atoms with Crippen LogP contribution in [-0.2, 0) is 19.1 Å². The summed E-state index contributed by atoms with van der Waals surface area (Å²) in [7, 11) is 0. The SMILES string of the molecule is C=CCOC(=O)N1CC(=O)C(C(=O)OC(C)(C)C)[C@@H]1C. The third-order valence-corrected chi connectivity index (χ3v) is 2.87. The number of ether oxygens (including phenoxy) is 2. The molecule has 2 atom stereocenters. The summed E-state index contributed by atoms with van der Waals surface area (Å²) < 4.78 is 10.1. The van der Waals surface area contributed by atoms with Gasteiger partial charge in [-0.1, -0.05) is 12.7 Å². The third-order valence-electron chi connectivity index (χ3n) is 2.87. The van der Waals surface area contributed by atoms with E-state index in [1.807, 2.05) is 0 Å². The highest BCUT2D eigenvalue weighted by molar-refractivity contribution is 6.04. The van der Waals surface area contributed by atoms with Crippen LogP contribution in [0.4, 0.5) is 4.79 Å². The summed E-state index contributed by atoms with van der Waals surface area (Å²) in [6.45, 7) is 10.2. The molecule has 20 heavy (non-hydrogen) atoms. The fourth-order valence-electron chi connectivity index (χ4n) is 2.00. The number of rotatable bonds is 3. The summed E-state index contributed by atoms with van der Waals surface area (Å²) in [5, 5.41) is 0. The second kappa shape index (κ2) is 6.07.